The summed E-state index contributed by atoms with van der Waals surface area (Å²) in [5, 5.41) is 16.2. The maximum absolute atomic E-state index is 13.2. The van der Waals surface area contributed by atoms with Crippen molar-refractivity contribution in [1.82, 2.24) is 10.6 Å². The quantitative estimate of drug-likeness (QED) is 0.564. The van der Waals surface area contributed by atoms with Crippen LogP contribution in [0.4, 0.5) is 13.2 Å². The second kappa shape index (κ2) is 10.4. The highest BCUT2D eigenvalue weighted by Gasteiger charge is 2.35. The van der Waals surface area contributed by atoms with Crippen molar-refractivity contribution in [2.75, 3.05) is 26.6 Å². The first kappa shape index (κ1) is 24.2. The maximum atomic E-state index is 13.2. The van der Waals surface area contributed by atoms with E-state index < -0.39 is 17.6 Å². The summed E-state index contributed by atoms with van der Waals surface area (Å²) < 4.78 is 50.4. The van der Waals surface area contributed by atoms with Crippen LogP contribution < -0.4 is 15.4 Å². The van der Waals surface area contributed by atoms with Gasteiger partial charge in [-0.25, -0.2) is 0 Å². The highest BCUT2D eigenvalue weighted by Crippen LogP contribution is 2.38. The van der Waals surface area contributed by atoms with E-state index in [1.54, 1.807) is 6.26 Å². The minimum Gasteiger partial charge on any atom is -0.496 e. The summed E-state index contributed by atoms with van der Waals surface area (Å²) in [4.78, 5) is 13.3. The summed E-state index contributed by atoms with van der Waals surface area (Å²) in [5.74, 6) is -0.601. The van der Waals surface area contributed by atoms with Crippen LogP contribution in [-0.2, 0) is 10.9 Å². The van der Waals surface area contributed by atoms with Crippen LogP contribution in [0.5, 0.6) is 5.75 Å². The molecule has 10 heteroatoms. The Kier molecular flexibility index (Phi) is 8.12. The summed E-state index contributed by atoms with van der Waals surface area (Å²) in [6, 6.07) is 1.75. The van der Waals surface area contributed by atoms with Crippen molar-refractivity contribution in [1.29, 1.82) is 0 Å². The number of halogens is 3. The molecule has 3 N–H and O–H groups in total. The molecule has 6 nitrogen and oxygen atoms in total. The van der Waals surface area contributed by atoms with Crippen LogP contribution in [-0.4, -0.2) is 61.8 Å². The molecule has 0 radical (unpaired) electrons. The van der Waals surface area contributed by atoms with E-state index in [-0.39, 0.29) is 40.4 Å². The topological polar surface area (TPSA) is 79.8 Å². The first-order chi connectivity index (χ1) is 14.7. The summed E-state index contributed by atoms with van der Waals surface area (Å²) in [7, 11) is 1.25. The lowest BCUT2D eigenvalue weighted by Crippen LogP contribution is -2.57. The number of benzene rings is 1. The summed E-state index contributed by atoms with van der Waals surface area (Å²) in [5.41, 5.74) is -0.765. The molecule has 31 heavy (non-hydrogen) atoms. The van der Waals surface area contributed by atoms with Crippen LogP contribution in [0.15, 0.2) is 17.0 Å². The number of aliphatic hydroxyl groups excluding tert-OH is 1. The van der Waals surface area contributed by atoms with E-state index >= 15 is 0 Å². The standard InChI is InChI=1S/C21H29F3N2O4S/c1-29-17-9-12(21(22,23)24)10-18(31-2)19(17)20(28)26-16-11-30-8-7-15(16)25-13-3-5-14(27)6-4-13/h9-10,13-16,25,27H,3-8,11H2,1-2H3,(H,26,28). The van der Waals surface area contributed by atoms with Crippen molar-refractivity contribution in [2.24, 2.45) is 0 Å². The Hall–Kier alpha value is -1.49. The van der Waals surface area contributed by atoms with Gasteiger partial charge in [0, 0.05) is 23.6 Å². The SMILES string of the molecule is COc1cc(C(F)(F)F)cc(SC)c1C(=O)NC1COCCC1NC1CCC(O)CC1. The van der Waals surface area contributed by atoms with Crippen molar-refractivity contribution in [3.63, 3.8) is 0 Å². The normalized spacial score (nSPS) is 27.0. The Balaban J connectivity index is 1.77. The molecule has 1 aromatic carbocycles. The van der Waals surface area contributed by atoms with Crippen molar-refractivity contribution in [3.05, 3.63) is 23.3 Å². The van der Waals surface area contributed by atoms with Gasteiger partial charge < -0.3 is 25.2 Å². The van der Waals surface area contributed by atoms with Gasteiger partial charge in [0.2, 0.25) is 0 Å². The van der Waals surface area contributed by atoms with Crippen molar-refractivity contribution in [2.45, 2.75) is 67.4 Å². The fourth-order valence-electron chi connectivity index (χ4n) is 4.16. The smallest absolute Gasteiger partial charge is 0.416 e. The molecular formula is C21H29F3N2O4S. The molecule has 1 amide bonds. The van der Waals surface area contributed by atoms with Gasteiger partial charge >= 0.3 is 6.18 Å². The van der Waals surface area contributed by atoms with Crippen molar-refractivity contribution in [3.8, 4) is 5.75 Å². The molecule has 1 aromatic rings. The predicted octanol–water partition coefficient (Wildman–Crippen LogP) is 3.22. The number of aliphatic hydroxyl groups is 1. The van der Waals surface area contributed by atoms with Crippen LogP contribution in [0.3, 0.4) is 0 Å². The highest BCUT2D eigenvalue weighted by molar-refractivity contribution is 7.98. The van der Waals surface area contributed by atoms with E-state index in [9.17, 15) is 23.1 Å². The van der Waals surface area contributed by atoms with Gasteiger partial charge in [0.05, 0.1) is 37.0 Å². The number of alkyl halides is 3. The number of thioether (sulfide) groups is 1. The number of methoxy groups -OCH3 is 1. The van der Waals surface area contributed by atoms with Crippen LogP contribution in [0.1, 0.15) is 48.0 Å². The third kappa shape index (κ3) is 6.06. The molecule has 2 unspecified atom stereocenters. The molecule has 1 aliphatic heterocycles. The Bertz CT molecular complexity index is 744. The number of hydrogen-bond acceptors (Lipinski definition) is 6. The molecule has 1 aliphatic carbocycles. The first-order valence-corrected chi connectivity index (χ1v) is 11.6. The Labute approximate surface area is 184 Å². The van der Waals surface area contributed by atoms with Crippen LogP contribution in [0.2, 0.25) is 0 Å². The minimum atomic E-state index is -4.54. The second-order valence-corrected chi connectivity index (χ2v) is 8.82. The molecule has 0 bridgehead atoms. The molecule has 0 aromatic heterocycles. The highest BCUT2D eigenvalue weighted by atomic mass is 32.2. The molecule has 1 heterocycles. The van der Waals surface area contributed by atoms with Crippen molar-refractivity contribution >= 4 is 17.7 Å². The van der Waals surface area contributed by atoms with Gasteiger partial charge in [-0.15, -0.1) is 11.8 Å². The second-order valence-electron chi connectivity index (χ2n) is 7.98. The number of amides is 1. The Morgan fingerprint density at radius 1 is 1.19 bits per heavy atom. The maximum Gasteiger partial charge on any atom is 0.416 e. The third-order valence-electron chi connectivity index (χ3n) is 5.88. The molecule has 3 rings (SSSR count). The third-order valence-corrected chi connectivity index (χ3v) is 6.64. The van der Waals surface area contributed by atoms with E-state index in [1.807, 2.05) is 0 Å². The lowest BCUT2D eigenvalue weighted by molar-refractivity contribution is -0.137. The molecule has 1 saturated heterocycles. The Morgan fingerprint density at radius 3 is 2.52 bits per heavy atom. The van der Waals surface area contributed by atoms with Crippen LogP contribution in [0, 0.1) is 0 Å². The monoisotopic (exact) mass is 462 g/mol. The number of carbonyl (C=O) groups is 1. The molecule has 2 fully saturated rings. The van der Waals surface area contributed by atoms with Crippen LogP contribution in [0.25, 0.3) is 0 Å². The summed E-state index contributed by atoms with van der Waals surface area (Å²) in [6.45, 7) is 0.884. The zero-order valence-electron chi connectivity index (χ0n) is 17.6. The van der Waals surface area contributed by atoms with Gasteiger partial charge in [0.1, 0.15) is 5.75 Å². The fraction of sp³-hybridized carbons (Fsp3) is 0.667. The van der Waals surface area contributed by atoms with Gasteiger partial charge in [0.15, 0.2) is 0 Å². The number of carbonyl (C=O) groups excluding carboxylic acids is 1. The predicted molar refractivity (Wildman–Crippen MR) is 112 cm³/mol. The minimum absolute atomic E-state index is 0.0175. The van der Waals surface area contributed by atoms with Crippen molar-refractivity contribution < 1.29 is 32.5 Å². The van der Waals surface area contributed by atoms with Gasteiger partial charge in [-0.3, -0.25) is 4.79 Å². The molecule has 1 saturated carbocycles. The van der Waals surface area contributed by atoms with Gasteiger partial charge in [-0.1, -0.05) is 0 Å². The molecule has 0 spiro atoms. The van der Waals surface area contributed by atoms with E-state index in [4.69, 9.17) is 9.47 Å². The molecule has 2 aliphatic rings. The summed E-state index contributed by atoms with van der Waals surface area (Å²) >= 11 is 1.06. The number of nitrogens with one attached hydrogen (secondary N) is 2. The largest absolute Gasteiger partial charge is 0.496 e. The zero-order chi connectivity index (χ0) is 22.6. The van der Waals surface area contributed by atoms with Gasteiger partial charge in [0.25, 0.3) is 5.91 Å². The molecule has 174 valence electrons. The average molecular weight is 463 g/mol. The number of hydrogen-bond donors (Lipinski definition) is 3. The lowest BCUT2D eigenvalue weighted by Gasteiger charge is -2.37. The van der Waals surface area contributed by atoms with E-state index in [2.05, 4.69) is 10.6 Å². The fourth-order valence-corrected chi connectivity index (χ4v) is 4.81. The van der Waals surface area contributed by atoms with E-state index in [0.717, 1.165) is 49.6 Å². The zero-order valence-corrected chi connectivity index (χ0v) is 18.4. The lowest BCUT2D eigenvalue weighted by atomic mass is 9.91. The molecule has 2 atom stereocenters. The van der Waals surface area contributed by atoms with E-state index in [1.165, 1.54) is 7.11 Å². The average Bonchev–Trinajstić information content (AvgIpc) is 2.74. The first-order valence-electron chi connectivity index (χ1n) is 10.4. The summed E-state index contributed by atoms with van der Waals surface area (Å²) in [6.07, 6.45) is 0.772. The number of rotatable bonds is 6. The van der Waals surface area contributed by atoms with Gasteiger partial charge in [-0.2, -0.15) is 13.2 Å². The van der Waals surface area contributed by atoms with Gasteiger partial charge in [-0.05, 0) is 50.5 Å². The molecular weight excluding hydrogens is 433 g/mol. The Morgan fingerprint density at radius 2 is 1.90 bits per heavy atom. The number of ether oxygens (including phenoxy) is 2. The van der Waals surface area contributed by atoms with E-state index in [0.29, 0.717) is 19.6 Å². The van der Waals surface area contributed by atoms with Crippen LogP contribution >= 0.6 is 11.8 Å².